The van der Waals surface area contributed by atoms with E-state index < -0.39 is 0 Å². The second-order valence-electron chi connectivity index (χ2n) is 5.07. The number of nitrogens with one attached hydrogen (secondary N) is 1. The largest absolute Gasteiger partial charge is 0.367 e. The van der Waals surface area contributed by atoms with Crippen molar-refractivity contribution in [3.63, 3.8) is 0 Å². The van der Waals surface area contributed by atoms with Gasteiger partial charge in [0.15, 0.2) is 0 Å². The Morgan fingerprint density at radius 1 is 1.35 bits per heavy atom. The third-order valence-corrected chi connectivity index (χ3v) is 3.80. The number of nitrogens with zero attached hydrogens (tertiary/aromatic N) is 1. The first kappa shape index (κ1) is 12.7. The first-order valence-electron chi connectivity index (χ1n) is 6.34. The summed E-state index contributed by atoms with van der Waals surface area (Å²) in [5, 5.41) is 4.38. The Hall–Kier alpha value is -0.730. The Morgan fingerprint density at radius 2 is 2.12 bits per heavy atom. The maximum Gasteiger partial charge on any atom is 0.0410 e. The monoisotopic (exact) mass is 252 g/mol. The number of rotatable bonds is 1. The molecule has 1 aliphatic heterocycles. The minimum absolute atomic E-state index is 0.528. The van der Waals surface area contributed by atoms with Gasteiger partial charge in [0, 0.05) is 35.9 Å². The minimum Gasteiger partial charge on any atom is -0.367 e. The van der Waals surface area contributed by atoms with Crippen LogP contribution in [0.5, 0.6) is 0 Å². The molecular formula is C14H21ClN2. The van der Waals surface area contributed by atoms with Gasteiger partial charge in [0.1, 0.15) is 0 Å². The molecule has 17 heavy (non-hydrogen) atoms. The smallest absolute Gasteiger partial charge is 0.0410 e. The van der Waals surface area contributed by atoms with E-state index in [9.17, 15) is 0 Å². The second kappa shape index (κ2) is 5.28. The van der Waals surface area contributed by atoms with E-state index in [2.05, 4.69) is 37.1 Å². The van der Waals surface area contributed by atoms with Crippen LogP contribution in [-0.2, 0) is 0 Å². The molecule has 0 aromatic heterocycles. The molecule has 1 aromatic rings. The lowest BCUT2D eigenvalue weighted by molar-refractivity contribution is 0.548. The van der Waals surface area contributed by atoms with Crippen molar-refractivity contribution in [2.75, 3.05) is 18.0 Å². The van der Waals surface area contributed by atoms with E-state index in [1.54, 1.807) is 0 Å². The molecule has 1 fully saturated rings. The van der Waals surface area contributed by atoms with Crippen molar-refractivity contribution in [3.8, 4) is 0 Å². The summed E-state index contributed by atoms with van der Waals surface area (Å²) in [7, 11) is 0. The summed E-state index contributed by atoms with van der Waals surface area (Å²) in [6, 6.07) is 7.31. The summed E-state index contributed by atoms with van der Waals surface area (Å²) >= 11 is 6.02. The molecule has 2 unspecified atom stereocenters. The maximum atomic E-state index is 6.02. The van der Waals surface area contributed by atoms with Gasteiger partial charge in [-0.1, -0.05) is 11.6 Å². The van der Waals surface area contributed by atoms with Crippen molar-refractivity contribution in [2.45, 2.75) is 39.3 Å². The van der Waals surface area contributed by atoms with Gasteiger partial charge in [-0.05, 0) is 51.0 Å². The van der Waals surface area contributed by atoms with Crippen LogP contribution in [0, 0.1) is 6.92 Å². The zero-order valence-corrected chi connectivity index (χ0v) is 11.6. The average Bonchev–Trinajstić information content (AvgIpc) is 2.43. The summed E-state index contributed by atoms with van der Waals surface area (Å²) < 4.78 is 0. The number of benzene rings is 1. The first-order valence-corrected chi connectivity index (χ1v) is 6.72. The highest BCUT2D eigenvalue weighted by Crippen LogP contribution is 2.26. The molecule has 2 atom stereocenters. The van der Waals surface area contributed by atoms with Gasteiger partial charge in [0.25, 0.3) is 0 Å². The molecular weight excluding hydrogens is 232 g/mol. The first-order chi connectivity index (χ1) is 8.08. The third kappa shape index (κ3) is 2.93. The molecule has 0 saturated carbocycles. The van der Waals surface area contributed by atoms with E-state index in [4.69, 9.17) is 11.6 Å². The van der Waals surface area contributed by atoms with E-state index in [1.807, 2.05) is 12.1 Å². The average molecular weight is 253 g/mol. The lowest BCUT2D eigenvalue weighted by atomic mass is 10.1. The lowest BCUT2D eigenvalue weighted by Crippen LogP contribution is -2.38. The van der Waals surface area contributed by atoms with Crippen LogP contribution in [0.1, 0.15) is 25.8 Å². The molecule has 1 heterocycles. The Labute approximate surface area is 109 Å². The van der Waals surface area contributed by atoms with Crippen LogP contribution in [-0.4, -0.2) is 25.2 Å². The van der Waals surface area contributed by atoms with Gasteiger partial charge in [0.2, 0.25) is 0 Å². The van der Waals surface area contributed by atoms with Crippen LogP contribution in [0.15, 0.2) is 18.2 Å². The quantitative estimate of drug-likeness (QED) is 0.826. The third-order valence-electron chi connectivity index (χ3n) is 3.57. The van der Waals surface area contributed by atoms with Gasteiger partial charge in [-0.25, -0.2) is 0 Å². The molecule has 0 spiro atoms. The number of halogens is 1. The number of hydrogen-bond acceptors (Lipinski definition) is 2. The highest BCUT2D eigenvalue weighted by Gasteiger charge is 2.20. The topological polar surface area (TPSA) is 15.3 Å². The molecule has 1 N–H and O–H groups in total. The Kier molecular flexibility index (Phi) is 3.95. The molecule has 3 heteroatoms. The van der Waals surface area contributed by atoms with Crippen LogP contribution < -0.4 is 10.2 Å². The van der Waals surface area contributed by atoms with Gasteiger partial charge in [-0.3, -0.25) is 0 Å². The zero-order valence-electron chi connectivity index (χ0n) is 10.8. The lowest BCUT2D eigenvalue weighted by Gasteiger charge is -2.30. The summed E-state index contributed by atoms with van der Waals surface area (Å²) in [6.45, 7) is 8.82. The summed E-state index contributed by atoms with van der Waals surface area (Å²) in [6.07, 6.45) is 1.19. The van der Waals surface area contributed by atoms with E-state index in [0.29, 0.717) is 12.1 Å². The molecule has 2 rings (SSSR count). The summed E-state index contributed by atoms with van der Waals surface area (Å²) in [4.78, 5) is 2.49. The van der Waals surface area contributed by atoms with Gasteiger partial charge >= 0.3 is 0 Å². The molecule has 1 saturated heterocycles. The molecule has 0 aliphatic carbocycles. The van der Waals surface area contributed by atoms with Crippen molar-refractivity contribution >= 4 is 17.3 Å². The van der Waals surface area contributed by atoms with Crippen LogP contribution in [0.4, 0.5) is 5.69 Å². The van der Waals surface area contributed by atoms with Crippen LogP contribution >= 0.6 is 11.6 Å². The Bertz CT molecular complexity index is 392. The van der Waals surface area contributed by atoms with Gasteiger partial charge in [-0.2, -0.15) is 0 Å². The maximum absolute atomic E-state index is 6.02. The van der Waals surface area contributed by atoms with E-state index in [0.717, 1.165) is 18.1 Å². The highest BCUT2D eigenvalue weighted by molar-refractivity contribution is 6.30. The fourth-order valence-corrected chi connectivity index (χ4v) is 2.66. The van der Waals surface area contributed by atoms with Crippen LogP contribution in [0.2, 0.25) is 5.02 Å². The van der Waals surface area contributed by atoms with Crippen molar-refractivity contribution in [1.29, 1.82) is 0 Å². The Morgan fingerprint density at radius 3 is 2.82 bits per heavy atom. The molecule has 0 bridgehead atoms. The summed E-state index contributed by atoms with van der Waals surface area (Å²) in [5.41, 5.74) is 2.58. The van der Waals surface area contributed by atoms with Gasteiger partial charge in [-0.15, -0.1) is 0 Å². The highest BCUT2D eigenvalue weighted by atomic mass is 35.5. The minimum atomic E-state index is 0.528. The molecule has 94 valence electrons. The normalized spacial score (nSPS) is 25.8. The predicted octanol–water partition coefficient (Wildman–Crippen LogP) is 3.23. The zero-order chi connectivity index (χ0) is 12.4. The van der Waals surface area contributed by atoms with Crippen LogP contribution in [0.3, 0.4) is 0 Å². The van der Waals surface area contributed by atoms with Crippen LogP contribution in [0.25, 0.3) is 0 Å². The van der Waals surface area contributed by atoms with Gasteiger partial charge < -0.3 is 10.2 Å². The SMILES string of the molecule is Cc1cc(Cl)ccc1N1CCC(C)NCC1C. The van der Waals surface area contributed by atoms with Crippen molar-refractivity contribution < 1.29 is 0 Å². The number of hydrogen-bond donors (Lipinski definition) is 1. The summed E-state index contributed by atoms with van der Waals surface area (Å²) in [5.74, 6) is 0. The molecule has 1 aromatic carbocycles. The van der Waals surface area contributed by atoms with E-state index in [1.165, 1.54) is 17.7 Å². The molecule has 0 radical (unpaired) electrons. The number of anilines is 1. The number of aryl methyl sites for hydroxylation is 1. The van der Waals surface area contributed by atoms with Gasteiger partial charge in [0.05, 0.1) is 0 Å². The molecule has 2 nitrogen and oxygen atoms in total. The second-order valence-corrected chi connectivity index (χ2v) is 5.51. The standard InChI is InChI=1S/C14H21ClN2/c1-10-8-13(15)4-5-14(10)17-7-6-11(2)16-9-12(17)3/h4-5,8,11-12,16H,6-7,9H2,1-3H3. The molecule has 1 aliphatic rings. The van der Waals surface area contributed by atoms with E-state index in [-0.39, 0.29) is 0 Å². The van der Waals surface area contributed by atoms with E-state index >= 15 is 0 Å². The van der Waals surface area contributed by atoms with Crippen molar-refractivity contribution in [1.82, 2.24) is 5.32 Å². The fraction of sp³-hybridized carbons (Fsp3) is 0.571. The van der Waals surface area contributed by atoms with Crippen molar-refractivity contribution in [3.05, 3.63) is 28.8 Å². The fourth-order valence-electron chi connectivity index (χ4n) is 2.44. The predicted molar refractivity (Wildman–Crippen MR) is 75.1 cm³/mol. The Balaban J connectivity index is 2.25. The van der Waals surface area contributed by atoms with Crippen molar-refractivity contribution in [2.24, 2.45) is 0 Å². The molecule has 0 amide bonds.